The van der Waals surface area contributed by atoms with Crippen LogP contribution in [0.5, 0.6) is 5.88 Å². The van der Waals surface area contributed by atoms with Gasteiger partial charge in [-0.15, -0.1) is 0 Å². The third-order valence-electron chi connectivity index (χ3n) is 3.56. The highest BCUT2D eigenvalue weighted by molar-refractivity contribution is 7.90. The minimum atomic E-state index is -4.17. The van der Waals surface area contributed by atoms with Crippen molar-refractivity contribution < 1.29 is 17.9 Å². The topological polar surface area (TPSA) is 128 Å². The van der Waals surface area contributed by atoms with Crippen LogP contribution >= 0.6 is 11.6 Å². The van der Waals surface area contributed by atoms with Crippen LogP contribution in [0.4, 0.5) is 10.7 Å². The van der Waals surface area contributed by atoms with Gasteiger partial charge in [0.2, 0.25) is 11.8 Å². The van der Waals surface area contributed by atoms with Crippen molar-refractivity contribution in [2.45, 2.75) is 37.6 Å². The number of sulfonamides is 1. The molecule has 0 aromatic carbocycles. The molecule has 2 aromatic heterocycles. The monoisotopic (exact) mass is 400 g/mol. The van der Waals surface area contributed by atoms with E-state index in [9.17, 15) is 13.2 Å². The first kappa shape index (κ1) is 18.4. The van der Waals surface area contributed by atoms with Crippen molar-refractivity contribution in [3.63, 3.8) is 0 Å². The number of ether oxygens (including phenoxy) is 1. The van der Waals surface area contributed by atoms with Gasteiger partial charge >= 0.3 is 6.03 Å². The molecule has 0 saturated carbocycles. The van der Waals surface area contributed by atoms with E-state index in [2.05, 4.69) is 20.4 Å². The molecule has 0 bridgehead atoms. The largest absolute Gasteiger partial charge is 0.477 e. The lowest BCUT2D eigenvalue weighted by atomic mass is 10.1. The molecule has 0 radical (unpaired) electrons. The Labute approximate surface area is 155 Å². The Balaban J connectivity index is 1.76. The summed E-state index contributed by atoms with van der Waals surface area (Å²) in [5, 5.41) is 6.37. The highest BCUT2D eigenvalue weighted by Crippen LogP contribution is 2.26. The van der Waals surface area contributed by atoms with Crippen molar-refractivity contribution >= 4 is 33.6 Å². The van der Waals surface area contributed by atoms with E-state index in [1.165, 1.54) is 4.68 Å². The maximum Gasteiger partial charge on any atom is 0.335 e. The summed E-state index contributed by atoms with van der Waals surface area (Å²) in [6.07, 6.45) is 1.87. The average Bonchev–Trinajstić information content (AvgIpc) is 2.98. The second-order valence-electron chi connectivity index (χ2n) is 5.89. The van der Waals surface area contributed by atoms with Gasteiger partial charge in [0.05, 0.1) is 18.5 Å². The normalized spacial score (nSPS) is 13.8. The van der Waals surface area contributed by atoms with Gasteiger partial charge in [0.1, 0.15) is 5.15 Å². The van der Waals surface area contributed by atoms with Crippen LogP contribution in [-0.4, -0.2) is 40.8 Å². The molecule has 3 heterocycles. The maximum absolute atomic E-state index is 12.4. The first-order valence-corrected chi connectivity index (χ1v) is 9.69. The van der Waals surface area contributed by atoms with Crippen molar-refractivity contribution in [2.75, 3.05) is 11.9 Å². The number of carbonyl (C=O) groups excluding carboxylic acids is 1. The first-order chi connectivity index (χ1) is 12.3. The Morgan fingerprint density at radius 1 is 1.38 bits per heavy atom. The molecule has 2 N–H and O–H groups in total. The van der Waals surface area contributed by atoms with E-state index in [0.29, 0.717) is 18.8 Å². The highest BCUT2D eigenvalue weighted by Gasteiger charge is 2.28. The Morgan fingerprint density at radius 2 is 2.15 bits per heavy atom. The standard InChI is InChI=1S/C14H17ClN6O4S/c1-8(2)9-6-11(15)18-13(17-9)19-14(22)20-26(23,24)10-7-16-21-4-3-5-25-12(10)21/h6-8H,3-5H2,1-2H3,(H2,17,18,19,20,22). The molecular formula is C14H17ClN6O4S. The van der Waals surface area contributed by atoms with Crippen molar-refractivity contribution in [1.29, 1.82) is 0 Å². The van der Waals surface area contributed by atoms with Crippen molar-refractivity contribution in [2.24, 2.45) is 0 Å². The lowest BCUT2D eigenvalue weighted by Gasteiger charge is -2.16. The molecule has 0 atom stereocenters. The summed E-state index contributed by atoms with van der Waals surface area (Å²) < 4.78 is 33.5. The number of nitrogens with one attached hydrogen (secondary N) is 2. The van der Waals surface area contributed by atoms with Crippen LogP contribution in [-0.2, 0) is 16.6 Å². The van der Waals surface area contributed by atoms with Crippen LogP contribution in [0, 0.1) is 0 Å². The Morgan fingerprint density at radius 3 is 2.88 bits per heavy atom. The number of fused-ring (bicyclic) bond motifs is 1. The molecule has 26 heavy (non-hydrogen) atoms. The van der Waals surface area contributed by atoms with E-state index in [0.717, 1.165) is 12.6 Å². The highest BCUT2D eigenvalue weighted by atomic mass is 35.5. The van der Waals surface area contributed by atoms with Gasteiger partial charge < -0.3 is 4.74 Å². The number of urea groups is 1. The number of nitrogens with zero attached hydrogens (tertiary/aromatic N) is 4. The van der Waals surface area contributed by atoms with E-state index < -0.39 is 16.1 Å². The van der Waals surface area contributed by atoms with Gasteiger partial charge in [-0.1, -0.05) is 25.4 Å². The molecule has 0 fully saturated rings. The smallest absolute Gasteiger partial charge is 0.335 e. The van der Waals surface area contributed by atoms with Crippen LogP contribution in [0.15, 0.2) is 17.2 Å². The van der Waals surface area contributed by atoms with E-state index in [4.69, 9.17) is 16.3 Å². The van der Waals surface area contributed by atoms with Crippen molar-refractivity contribution in [1.82, 2.24) is 24.5 Å². The van der Waals surface area contributed by atoms with Gasteiger partial charge in [0.15, 0.2) is 4.90 Å². The van der Waals surface area contributed by atoms with Crippen LogP contribution in [0.2, 0.25) is 5.15 Å². The van der Waals surface area contributed by atoms with Crippen molar-refractivity contribution in [3.8, 4) is 5.88 Å². The second-order valence-corrected chi connectivity index (χ2v) is 7.93. The number of anilines is 1. The quantitative estimate of drug-likeness (QED) is 0.748. The molecule has 10 nitrogen and oxygen atoms in total. The molecule has 12 heteroatoms. The fourth-order valence-electron chi connectivity index (χ4n) is 2.32. The van der Waals surface area contributed by atoms with Gasteiger partial charge in [-0.05, 0) is 12.0 Å². The van der Waals surface area contributed by atoms with Crippen LogP contribution in [0.3, 0.4) is 0 Å². The molecule has 0 aliphatic carbocycles. The summed E-state index contributed by atoms with van der Waals surface area (Å²) in [4.78, 5) is 19.9. The molecule has 140 valence electrons. The van der Waals surface area contributed by atoms with Crippen LogP contribution < -0.4 is 14.8 Å². The number of amides is 2. The summed E-state index contributed by atoms with van der Waals surface area (Å²) >= 11 is 5.90. The Bertz CT molecular complexity index is 943. The van der Waals surface area contributed by atoms with Gasteiger partial charge in [0.25, 0.3) is 10.0 Å². The molecule has 2 aromatic rings. The summed E-state index contributed by atoms with van der Waals surface area (Å²) in [7, 11) is -4.17. The lowest BCUT2D eigenvalue weighted by Crippen LogP contribution is -2.35. The Hall–Kier alpha value is -2.40. The lowest BCUT2D eigenvalue weighted by molar-refractivity contribution is 0.224. The minimum absolute atomic E-state index is 0.0546. The molecule has 1 aliphatic heterocycles. The first-order valence-electron chi connectivity index (χ1n) is 7.83. The van der Waals surface area contributed by atoms with Gasteiger partial charge in [-0.25, -0.2) is 32.6 Å². The molecule has 0 spiro atoms. The average molecular weight is 401 g/mol. The van der Waals surface area contributed by atoms with Gasteiger partial charge in [-0.2, -0.15) is 5.10 Å². The molecule has 3 rings (SSSR count). The van der Waals surface area contributed by atoms with Crippen LogP contribution in [0.25, 0.3) is 0 Å². The number of hydrogen-bond acceptors (Lipinski definition) is 7. The zero-order chi connectivity index (χ0) is 18.9. The number of aromatic nitrogens is 4. The predicted molar refractivity (Wildman–Crippen MR) is 92.8 cm³/mol. The van der Waals surface area contributed by atoms with E-state index in [1.807, 2.05) is 18.6 Å². The third-order valence-corrected chi connectivity index (χ3v) is 5.07. The van der Waals surface area contributed by atoms with Gasteiger partial charge in [0, 0.05) is 13.0 Å². The van der Waals surface area contributed by atoms with Gasteiger partial charge in [-0.3, -0.25) is 5.32 Å². The fraction of sp³-hybridized carbons (Fsp3) is 0.429. The molecule has 2 amide bonds. The number of aryl methyl sites for hydroxylation is 1. The SMILES string of the molecule is CC(C)c1cc(Cl)nc(NC(=O)NS(=O)(=O)c2cnn3c2OCCC3)n1. The maximum atomic E-state index is 12.4. The molecule has 1 aliphatic rings. The van der Waals surface area contributed by atoms with Crippen LogP contribution in [0.1, 0.15) is 31.9 Å². The van der Waals surface area contributed by atoms with E-state index in [1.54, 1.807) is 6.07 Å². The number of carbonyl (C=O) groups is 1. The predicted octanol–water partition coefficient (Wildman–Crippen LogP) is 1.74. The third kappa shape index (κ3) is 3.88. The van der Waals surface area contributed by atoms with E-state index in [-0.39, 0.29) is 27.8 Å². The molecule has 0 saturated heterocycles. The molecule has 0 unspecified atom stereocenters. The number of halogens is 1. The zero-order valence-electron chi connectivity index (χ0n) is 14.1. The Kier molecular flexibility index (Phi) is 5.01. The second kappa shape index (κ2) is 7.08. The zero-order valence-corrected chi connectivity index (χ0v) is 15.6. The van der Waals surface area contributed by atoms with E-state index >= 15 is 0 Å². The fourth-order valence-corrected chi connectivity index (χ4v) is 3.50. The summed E-state index contributed by atoms with van der Waals surface area (Å²) in [5.41, 5.74) is 0.613. The number of hydrogen-bond donors (Lipinski definition) is 2. The summed E-state index contributed by atoms with van der Waals surface area (Å²) in [6, 6.07) is 0.556. The number of rotatable bonds is 4. The molecular weight excluding hydrogens is 384 g/mol. The van der Waals surface area contributed by atoms with Crippen molar-refractivity contribution in [3.05, 3.63) is 23.1 Å². The summed E-state index contributed by atoms with van der Waals surface area (Å²) in [6.45, 7) is 4.73. The minimum Gasteiger partial charge on any atom is -0.477 e. The summed E-state index contributed by atoms with van der Waals surface area (Å²) in [5.74, 6) is 0.0683.